The quantitative estimate of drug-likeness (QED) is 0.728. The lowest BCUT2D eigenvalue weighted by atomic mass is 9.77. The van der Waals surface area contributed by atoms with E-state index in [0.717, 1.165) is 0 Å². The summed E-state index contributed by atoms with van der Waals surface area (Å²) in [4.78, 5) is 11.1. The van der Waals surface area contributed by atoms with Crippen molar-refractivity contribution in [2.24, 2.45) is 17.6 Å². The molecule has 1 fully saturated rings. The second-order valence-electron chi connectivity index (χ2n) is 4.39. The van der Waals surface area contributed by atoms with E-state index in [0.29, 0.717) is 11.8 Å². The van der Waals surface area contributed by atoms with Crippen molar-refractivity contribution in [1.29, 1.82) is 0 Å². The summed E-state index contributed by atoms with van der Waals surface area (Å²) in [5, 5.41) is 0. The first-order valence-corrected chi connectivity index (χ1v) is 5.39. The van der Waals surface area contributed by atoms with Crippen LogP contribution in [0.15, 0.2) is 0 Å². The molecule has 0 aromatic rings. The summed E-state index contributed by atoms with van der Waals surface area (Å²) >= 11 is 0. The molecule has 1 rings (SSSR count). The fourth-order valence-electron chi connectivity index (χ4n) is 2.32. The van der Waals surface area contributed by atoms with Crippen LogP contribution in [0.4, 0.5) is 0 Å². The minimum Gasteiger partial charge on any atom is -0.321 e. The number of hydrogen-bond acceptors (Lipinski definition) is 2. The van der Waals surface area contributed by atoms with E-state index < -0.39 is 0 Å². The van der Waals surface area contributed by atoms with Gasteiger partial charge in [0.15, 0.2) is 0 Å². The maximum Gasteiger partial charge on any atom is 0.146 e. The zero-order valence-electron chi connectivity index (χ0n) is 8.75. The normalized spacial score (nSPS) is 23.9. The zero-order chi connectivity index (χ0) is 9.84. The van der Waals surface area contributed by atoms with Gasteiger partial charge in [-0.25, -0.2) is 0 Å². The number of nitrogens with two attached hydrogens (primary N) is 1. The van der Waals surface area contributed by atoms with Crippen molar-refractivity contribution in [3.8, 4) is 0 Å². The van der Waals surface area contributed by atoms with E-state index in [4.69, 9.17) is 5.73 Å². The fourth-order valence-corrected chi connectivity index (χ4v) is 2.32. The topological polar surface area (TPSA) is 43.1 Å². The fraction of sp³-hybridized carbons (Fsp3) is 0.909. The molecule has 0 aromatic heterocycles. The van der Waals surface area contributed by atoms with Gasteiger partial charge in [-0.05, 0) is 18.8 Å². The average molecular weight is 183 g/mol. The highest BCUT2D eigenvalue weighted by atomic mass is 16.1. The van der Waals surface area contributed by atoms with E-state index in [1.54, 1.807) is 6.92 Å². The Morgan fingerprint density at radius 3 is 2.31 bits per heavy atom. The van der Waals surface area contributed by atoms with Crippen LogP contribution in [0, 0.1) is 11.8 Å². The monoisotopic (exact) mass is 183 g/mol. The Balaban J connectivity index is 2.44. The predicted molar refractivity (Wildman–Crippen MR) is 54.4 cm³/mol. The molecule has 2 unspecified atom stereocenters. The van der Waals surface area contributed by atoms with Crippen molar-refractivity contribution >= 4 is 5.78 Å². The Bertz CT molecular complexity index is 173. The standard InChI is InChI=1S/C11H21NO/c1-8(11(12)9(2)13)10-6-4-3-5-7-10/h8,10-11H,3-7,12H2,1-2H3. The lowest BCUT2D eigenvalue weighted by Crippen LogP contribution is -2.39. The van der Waals surface area contributed by atoms with E-state index >= 15 is 0 Å². The summed E-state index contributed by atoms with van der Waals surface area (Å²) in [6.07, 6.45) is 6.53. The molecule has 0 spiro atoms. The number of ketones is 1. The van der Waals surface area contributed by atoms with Gasteiger partial charge < -0.3 is 5.73 Å². The highest BCUT2D eigenvalue weighted by Gasteiger charge is 2.26. The second-order valence-corrected chi connectivity index (χ2v) is 4.39. The van der Waals surface area contributed by atoms with Crippen molar-refractivity contribution < 1.29 is 4.79 Å². The lowest BCUT2D eigenvalue weighted by molar-refractivity contribution is -0.119. The molecular weight excluding hydrogens is 162 g/mol. The summed E-state index contributed by atoms with van der Waals surface area (Å²) in [6.45, 7) is 3.73. The van der Waals surface area contributed by atoms with Crippen LogP contribution in [0.1, 0.15) is 46.0 Å². The van der Waals surface area contributed by atoms with Crippen LogP contribution in [-0.4, -0.2) is 11.8 Å². The second kappa shape index (κ2) is 4.75. The van der Waals surface area contributed by atoms with Gasteiger partial charge in [0, 0.05) is 0 Å². The molecule has 1 aliphatic carbocycles. The van der Waals surface area contributed by atoms with Gasteiger partial charge in [-0.2, -0.15) is 0 Å². The third-order valence-electron chi connectivity index (χ3n) is 3.43. The van der Waals surface area contributed by atoms with E-state index in [1.807, 2.05) is 0 Å². The maximum atomic E-state index is 11.1. The number of carbonyl (C=O) groups excluding carboxylic acids is 1. The molecule has 2 heteroatoms. The third-order valence-corrected chi connectivity index (χ3v) is 3.43. The molecule has 0 aromatic carbocycles. The van der Waals surface area contributed by atoms with E-state index in [1.165, 1.54) is 32.1 Å². The van der Waals surface area contributed by atoms with Gasteiger partial charge in [-0.1, -0.05) is 39.0 Å². The van der Waals surface area contributed by atoms with Crippen molar-refractivity contribution in [1.82, 2.24) is 0 Å². The first-order valence-electron chi connectivity index (χ1n) is 5.39. The summed E-state index contributed by atoms with van der Waals surface area (Å²) in [6, 6.07) is -0.233. The molecule has 1 aliphatic rings. The Morgan fingerprint density at radius 2 is 1.85 bits per heavy atom. The Kier molecular flexibility index (Phi) is 3.91. The van der Waals surface area contributed by atoms with Crippen LogP contribution in [0.25, 0.3) is 0 Å². The first kappa shape index (κ1) is 10.7. The third kappa shape index (κ3) is 2.80. The zero-order valence-corrected chi connectivity index (χ0v) is 8.75. The van der Waals surface area contributed by atoms with Crippen molar-refractivity contribution in [2.45, 2.75) is 52.0 Å². The van der Waals surface area contributed by atoms with Gasteiger partial charge in [0.25, 0.3) is 0 Å². The summed E-state index contributed by atoms with van der Waals surface area (Å²) in [5.74, 6) is 1.20. The van der Waals surface area contributed by atoms with Gasteiger partial charge in [0.2, 0.25) is 0 Å². The molecule has 2 N–H and O–H groups in total. The van der Waals surface area contributed by atoms with Crippen LogP contribution >= 0.6 is 0 Å². The van der Waals surface area contributed by atoms with E-state index in [2.05, 4.69) is 6.92 Å². The summed E-state index contributed by atoms with van der Waals surface area (Å²) < 4.78 is 0. The van der Waals surface area contributed by atoms with Crippen LogP contribution < -0.4 is 5.73 Å². The number of Topliss-reactive ketones (excluding diaryl/α,β-unsaturated/α-hetero) is 1. The smallest absolute Gasteiger partial charge is 0.146 e. The lowest BCUT2D eigenvalue weighted by Gasteiger charge is -2.30. The van der Waals surface area contributed by atoms with Crippen molar-refractivity contribution in [2.75, 3.05) is 0 Å². The highest BCUT2D eigenvalue weighted by Crippen LogP contribution is 2.31. The molecule has 0 saturated heterocycles. The molecule has 76 valence electrons. The Hall–Kier alpha value is -0.370. The predicted octanol–water partition coefficient (Wildman–Crippen LogP) is 2.12. The van der Waals surface area contributed by atoms with Gasteiger partial charge in [-0.3, -0.25) is 4.79 Å². The average Bonchev–Trinajstić information content (AvgIpc) is 2.17. The minimum atomic E-state index is -0.233. The number of carbonyl (C=O) groups is 1. The molecule has 0 amide bonds. The minimum absolute atomic E-state index is 0.137. The van der Waals surface area contributed by atoms with Crippen molar-refractivity contribution in [3.05, 3.63) is 0 Å². The molecule has 0 aliphatic heterocycles. The van der Waals surface area contributed by atoms with Crippen molar-refractivity contribution in [3.63, 3.8) is 0 Å². The Morgan fingerprint density at radius 1 is 1.31 bits per heavy atom. The molecule has 1 saturated carbocycles. The summed E-state index contributed by atoms with van der Waals surface area (Å²) in [5.41, 5.74) is 5.84. The molecule has 0 heterocycles. The molecule has 13 heavy (non-hydrogen) atoms. The summed E-state index contributed by atoms with van der Waals surface area (Å²) in [7, 11) is 0. The van der Waals surface area contributed by atoms with Crippen LogP contribution in [0.5, 0.6) is 0 Å². The largest absolute Gasteiger partial charge is 0.321 e. The van der Waals surface area contributed by atoms with E-state index in [9.17, 15) is 4.79 Å². The molecular formula is C11H21NO. The van der Waals surface area contributed by atoms with Crippen LogP contribution in [-0.2, 0) is 4.79 Å². The van der Waals surface area contributed by atoms with Gasteiger partial charge in [0.05, 0.1) is 6.04 Å². The van der Waals surface area contributed by atoms with Crippen LogP contribution in [0.2, 0.25) is 0 Å². The maximum absolute atomic E-state index is 11.1. The SMILES string of the molecule is CC(=O)C(N)C(C)C1CCCCC1. The Labute approximate surface area is 80.9 Å². The van der Waals surface area contributed by atoms with E-state index in [-0.39, 0.29) is 11.8 Å². The molecule has 0 bridgehead atoms. The van der Waals surface area contributed by atoms with Gasteiger partial charge >= 0.3 is 0 Å². The van der Waals surface area contributed by atoms with Gasteiger partial charge in [0.1, 0.15) is 5.78 Å². The number of hydrogen-bond donors (Lipinski definition) is 1. The molecule has 0 radical (unpaired) electrons. The molecule has 2 nitrogen and oxygen atoms in total. The highest BCUT2D eigenvalue weighted by molar-refractivity contribution is 5.81. The van der Waals surface area contributed by atoms with Gasteiger partial charge in [-0.15, -0.1) is 0 Å². The van der Waals surface area contributed by atoms with Crippen LogP contribution in [0.3, 0.4) is 0 Å². The molecule has 2 atom stereocenters. The first-order chi connectivity index (χ1) is 6.13. The number of rotatable bonds is 3.